The molecule has 1 radical (unpaired) electrons. The van der Waals surface area contributed by atoms with Crippen molar-refractivity contribution in [2.45, 2.75) is 27.7 Å². The van der Waals surface area contributed by atoms with Gasteiger partial charge < -0.3 is 4.74 Å². The normalized spacial score (nSPS) is 11.8. The van der Waals surface area contributed by atoms with E-state index in [1.165, 1.54) is 0 Å². The van der Waals surface area contributed by atoms with Crippen LogP contribution in [0.4, 0.5) is 0 Å². The fraction of sp³-hybridized carbons (Fsp3) is 0.778. The molecule has 0 aliphatic carbocycles. The fourth-order valence-electron chi connectivity index (χ4n) is 0.434. The van der Waals surface area contributed by atoms with Crippen LogP contribution in [0.1, 0.15) is 27.7 Å². The maximum absolute atomic E-state index is 11.1. The number of carbonyl (C=O) groups excluding carboxylic acids is 1. The molecule has 2 heteroatoms. The van der Waals surface area contributed by atoms with E-state index in [4.69, 9.17) is 4.74 Å². The van der Waals surface area contributed by atoms with Crippen molar-refractivity contribution in [1.82, 2.24) is 0 Å². The molecule has 0 aliphatic rings. The number of rotatable bonds is 2. The van der Waals surface area contributed by atoms with E-state index in [1.807, 2.05) is 27.7 Å². The van der Waals surface area contributed by atoms with Gasteiger partial charge in [-0.05, 0) is 33.6 Å². The summed E-state index contributed by atoms with van der Waals surface area (Å²) in [6, 6.07) is 0. The van der Waals surface area contributed by atoms with Crippen LogP contribution in [0.5, 0.6) is 0 Å². The van der Waals surface area contributed by atoms with Crippen LogP contribution >= 0.6 is 0 Å². The Morgan fingerprint density at radius 3 is 2.27 bits per heavy atom. The zero-order valence-electron chi connectivity index (χ0n) is 7.81. The summed E-state index contributed by atoms with van der Waals surface area (Å²) < 4.78 is 4.97. The second-order valence-corrected chi connectivity index (χ2v) is 3.95. The van der Waals surface area contributed by atoms with E-state index in [-0.39, 0.29) is 11.9 Å². The van der Waals surface area contributed by atoms with Crippen molar-refractivity contribution < 1.29 is 9.53 Å². The third-order valence-corrected chi connectivity index (χ3v) is 1.11. The molecule has 2 nitrogen and oxygen atoms in total. The molecule has 65 valence electrons. The second kappa shape index (κ2) is 3.74. The third kappa shape index (κ3) is 4.82. The Hall–Kier alpha value is -0.530. The molecular weight excluding hydrogens is 140 g/mol. The van der Waals surface area contributed by atoms with E-state index < -0.39 is 5.41 Å². The molecule has 0 saturated carbocycles. The molecule has 11 heavy (non-hydrogen) atoms. The Kier molecular flexibility index (Phi) is 3.56. The molecule has 0 aromatic carbocycles. The molecule has 0 bridgehead atoms. The van der Waals surface area contributed by atoms with Crippen LogP contribution in [-0.2, 0) is 9.53 Å². The van der Waals surface area contributed by atoms with E-state index in [0.29, 0.717) is 6.61 Å². The topological polar surface area (TPSA) is 26.3 Å². The zero-order chi connectivity index (χ0) is 9.07. The van der Waals surface area contributed by atoms with Crippen molar-refractivity contribution in [3.63, 3.8) is 0 Å². The molecule has 1 atom stereocenters. The summed E-state index contributed by atoms with van der Waals surface area (Å²) in [6.07, 6.45) is 0. The van der Waals surface area contributed by atoms with Crippen molar-refractivity contribution in [2.75, 3.05) is 6.61 Å². The molecule has 0 aliphatic heterocycles. The summed E-state index contributed by atoms with van der Waals surface area (Å²) in [5.41, 5.74) is -0.394. The average Bonchev–Trinajstić information content (AvgIpc) is 1.80. The van der Waals surface area contributed by atoms with Gasteiger partial charge in [0.2, 0.25) is 0 Å². The minimum Gasteiger partial charge on any atom is -0.465 e. The van der Waals surface area contributed by atoms with Gasteiger partial charge in [0.15, 0.2) is 0 Å². The van der Waals surface area contributed by atoms with Crippen molar-refractivity contribution >= 4 is 5.97 Å². The first-order valence-electron chi connectivity index (χ1n) is 3.84. The molecule has 0 N–H and O–H groups in total. The Balaban J connectivity index is 3.71. The van der Waals surface area contributed by atoms with Gasteiger partial charge in [-0.2, -0.15) is 0 Å². The van der Waals surface area contributed by atoms with Gasteiger partial charge in [-0.1, -0.05) is 6.92 Å². The van der Waals surface area contributed by atoms with Gasteiger partial charge in [-0.25, -0.2) is 0 Å². The first-order chi connectivity index (χ1) is 4.84. The predicted molar refractivity (Wildman–Crippen MR) is 44.9 cm³/mol. The van der Waals surface area contributed by atoms with Gasteiger partial charge >= 0.3 is 5.97 Å². The van der Waals surface area contributed by atoms with Crippen LogP contribution < -0.4 is 0 Å². The number of ether oxygens (including phenoxy) is 1. The van der Waals surface area contributed by atoms with E-state index in [9.17, 15) is 4.79 Å². The number of hydrogen-bond acceptors (Lipinski definition) is 2. The molecule has 0 aromatic rings. The van der Waals surface area contributed by atoms with Crippen molar-refractivity contribution in [1.29, 1.82) is 0 Å². The molecule has 0 saturated heterocycles. The summed E-state index contributed by atoms with van der Waals surface area (Å²) in [4.78, 5) is 11.1. The Morgan fingerprint density at radius 2 is 2.00 bits per heavy atom. The van der Waals surface area contributed by atoms with Gasteiger partial charge in [0.25, 0.3) is 0 Å². The summed E-state index contributed by atoms with van der Waals surface area (Å²) in [6.45, 7) is 11.5. The molecule has 0 aromatic heterocycles. The maximum atomic E-state index is 11.1. The molecule has 0 amide bonds. The lowest BCUT2D eigenvalue weighted by atomic mass is 9.97. The summed E-state index contributed by atoms with van der Waals surface area (Å²) in [5.74, 6) is 0.00861. The standard InChI is InChI=1S/C9H17O2/c1-7(2)6-11-8(10)9(3,4)5/h7H,1,6H2,2-5H3. The Bertz CT molecular complexity index is 131. The van der Waals surface area contributed by atoms with Crippen molar-refractivity contribution in [2.24, 2.45) is 11.3 Å². The van der Waals surface area contributed by atoms with E-state index >= 15 is 0 Å². The first kappa shape index (κ1) is 10.5. The van der Waals surface area contributed by atoms with E-state index in [1.54, 1.807) is 0 Å². The molecule has 0 rings (SSSR count). The van der Waals surface area contributed by atoms with Gasteiger partial charge in [-0.3, -0.25) is 4.79 Å². The van der Waals surface area contributed by atoms with E-state index in [0.717, 1.165) is 0 Å². The van der Waals surface area contributed by atoms with Crippen molar-refractivity contribution in [3.05, 3.63) is 6.92 Å². The minimum atomic E-state index is -0.394. The summed E-state index contributed by atoms with van der Waals surface area (Å²) in [7, 11) is 0. The van der Waals surface area contributed by atoms with Gasteiger partial charge in [0.05, 0.1) is 12.0 Å². The Morgan fingerprint density at radius 1 is 1.55 bits per heavy atom. The predicted octanol–water partition coefficient (Wildman–Crippen LogP) is 2.05. The highest BCUT2D eigenvalue weighted by atomic mass is 16.5. The van der Waals surface area contributed by atoms with Crippen LogP contribution in [0.3, 0.4) is 0 Å². The molecule has 0 spiro atoms. The molecule has 1 unspecified atom stereocenters. The van der Waals surface area contributed by atoms with Crippen molar-refractivity contribution in [3.8, 4) is 0 Å². The summed E-state index contributed by atoms with van der Waals surface area (Å²) >= 11 is 0. The van der Waals surface area contributed by atoms with Gasteiger partial charge in [0, 0.05) is 0 Å². The van der Waals surface area contributed by atoms with Crippen LogP contribution in [0.15, 0.2) is 0 Å². The summed E-state index contributed by atoms with van der Waals surface area (Å²) in [5, 5.41) is 0. The smallest absolute Gasteiger partial charge is 0.311 e. The highest BCUT2D eigenvalue weighted by molar-refractivity contribution is 5.75. The molecule has 0 fully saturated rings. The van der Waals surface area contributed by atoms with Crippen LogP contribution in [-0.4, -0.2) is 12.6 Å². The SMILES string of the molecule is [CH2]C(C)COC(=O)C(C)(C)C. The minimum absolute atomic E-state index is 0.159. The van der Waals surface area contributed by atoms with Crippen LogP contribution in [0.25, 0.3) is 0 Å². The molecule has 0 heterocycles. The highest BCUT2D eigenvalue weighted by Crippen LogP contribution is 2.15. The lowest BCUT2D eigenvalue weighted by Crippen LogP contribution is -2.24. The largest absolute Gasteiger partial charge is 0.465 e. The average molecular weight is 157 g/mol. The van der Waals surface area contributed by atoms with E-state index in [2.05, 4.69) is 6.92 Å². The van der Waals surface area contributed by atoms with Gasteiger partial charge in [-0.15, -0.1) is 0 Å². The van der Waals surface area contributed by atoms with Gasteiger partial charge in [0.1, 0.15) is 0 Å². The Labute approximate surface area is 68.9 Å². The highest BCUT2D eigenvalue weighted by Gasteiger charge is 2.22. The lowest BCUT2D eigenvalue weighted by Gasteiger charge is -2.17. The lowest BCUT2D eigenvalue weighted by molar-refractivity contribution is -0.153. The first-order valence-corrected chi connectivity index (χ1v) is 3.84. The third-order valence-electron chi connectivity index (χ3n) is 1.11. The second-order valence-electron chi connectivity index (χ2n) is 3.95. The maximum Gasteiger partial charge on any atom is 0.311 e. The van der Waals surface area contributed by atoms with Crippen LogP contribution in [0.2, 0.25) is 0 Å². The number of carbonyl (C=O) groups is 1. The number of hydrogen-bond donors (Lipinski definition) is 0. The quantitative estimate of drug-likeness (QED) is 0.573. The fourth-order valence-corrected chi connectivity index (χ4v) is 0.434. The number of esters is 1. The monoisotopic (exact) mass is 157 g/mol. The zero-order valence-corrected chi connectivity index (χ0v) is 7.81. The van der Waals surface area contributed by atoms with Crippen LogP contribution in [0, 0.1) is 18.3 Å². The molecular formula is C9H17O2.